The number of carbonyl (C=O) groups is 1. The summed E-state index contributed by atoms with van der Waals surface area (Å²) in [5.41, 5.74) is 9.00. The number of hydrogen-bond donors (Lipinski definition) is 1. The van der Waals surface area contributed by atoms with E-state index in [1.165, 1.54) is 12.8 Å². The summed E-state index contributed by atoms with van der Waals surface area (Å²) in [7, 11) is 0. The molecular weight excluding hydrogens is 212 g/mol. The second-order valence-corrected chi connectivity index (χ2v) is 5.14. The first-order valence-electron chi connectivity index (χ1n) is 6.43. The highest BCUT2D eigenvalue weighted by Crippen LogP contribution is 2.36. The smallest absolute Gasteiger partial charge is 0.227 e. The van der Waals surface area contributed by atoms with Crippen molar-refractivity contribution in [3.8, 4) is 0 Å². The molecule has 0 radical (unpaired) electrons. The number of nitrogens with two attached hydrogens (primary N) is 1. The number of rotatable bonds is 2. The van der Waals surface area contributed by atoms with Gasteiger partial charge in [0.05, 0.1) is 0 Å². The molecule has 1 aliphatic heterocycles. The van der Waals surface area contributed by atoms with Crippen LogP contribution >= 0.6 is 0 Å². The van der Waals surface area contributed by atoms with Gasteiger partial charge in [-0.05, 0) is 49.3 Å². The van der Waals surface area contributed by atoms with Crippen molar-refractivity contribution in [3.05, 3.63) is 23.8 Å². The monoisotopic (exact) mass is 230 g/mol. The van der Waals surface area contributed by atoms with E-state index in [4.69, 9.17) is 5.73 Å². The first-order chi connectivity index (χ1) is 8.25. The Morgan fingerprint density at radius 2 is 2.24 bits per heavy atom. The summed E-state index contributed by atoms with van der Waals surface area (Å²) in [5, 5.41) is 0. The molecule has 0 unspecified atom stereocenters. The Morgan fingerprint density at radius 3 is 3.00 bits per heavy atom. The lowest BCUT2D eigenvalue weighted by atomic mass is 9.99. The van der Waals surface area contributed by atoms with Gasteiger partial charge in [-0.2, -0.15) is 0 Å². The van der Waals surface area contributed by atoms with Gasteiger partial charge in [0.25, 0.3) is 0 Å². The number of hydrogen-bond acceptors (Lipinski definition) is 2. The molecule has 0 aromatic heterocycles. The molecule has 0 atom stereocenters. The van der Waals surface area contributed by atoms with Crippen LogP contribution in [-0.2, 0) is 11.2 Å². The Balaban J connectivity index is 1.87. The maximum Gasteiger partial charge on any atom is 0.227 e. The molecule has 1 amide bonds. The van der Waals surface area contributed by atoms with Crippen molar-refractivity contribution >= 4 is 17.3 Å². The van der Waals surface area contributed by atoms with Crippen LogP contribution in [0.5, 0.6) is 0 Å². The van der Waals surface area contributed by atoms with Crippen molar-refractivity contribution in [2.45, 2.75) is 32.1 Å². The summed E-state index contributed by atoms with van der Waals surface area (Å²) in [6.45, 7) is 0.849. The number of benzene rings is 1. The van der Waals surface area contributed by atoms with Crippen molar-refractivity contribution < 1.29 is 4.79 Å². The van der Waals surface area contributed by atoms with Gasteiger partial charge >= 0.3 is 0 Å². The Morgan fingerprint density at radius 1 is 1.41 bits per heavy atom. The van der Waals surface area contributed by atoms with E-state index in [0.29, 0.717) is 12.3 Å². The van der Waals surface area contributed by atoms with Crippen LogP contribution in [0.15, 0.2) is 18.2 Å². The Hall–Kier alpha value is -1.51. The molecule has 0 spiro atoms. The number of nitrogen functional groups attached to an aromatic ring is 1. The summed E-state index contributed by atoms with van der Waals surface area (Å²) >= 11 is 0. The fraction of sp³-hybridized carbons (Fsp3) is 0.500. The highest BCUT2D eigenvalue weighted by Gasteiger charge is 2.29. The molecule has 1 aliphatic carbocycles. The van der Waals surface area contributed by atoms with Crippen molar-refractivity contribution in [2.24, 2.45) is 5.92 Å². The van der Waals surface area contributed by atoms with Gasteiger partial charge in [-0.15, -0.1) is 0 Å². The molecule has 1 aromatic rings. The minimum Gasteiger partial charge on any atom is -0.398 e. The SMILES string of the molecule is Nc1cccc2c1CCCN2C(=O)CC1CC1. The Bertz CT molecular complexity index is 452. The van der Waals surface area contributed by atoms with Crippen LogP contribution in [0, 0.1) is 5.92 Å². The summed E-state index contributed by atoms with van der Waals surface area (Å²) in [6, 6.07) is 5.89. The quantitative estimate of drug-likeness (QED) is 0.793. The second kappa shape index (κ2) is 4.06. The van der Waals surface area contributed by atoms with E-state index in [9.17, 15) is 4.79 Å². The molecule has 1 saturated carbocycles. The standard InChI is InChI=1S/C14H18N2O/c15-12-4-1-5-13-11(12)3-2-8-16(13)14(17)9-10-6-7-10/h1,4-5,10H,2-3,6-9,15H2. The van der Waals surface area contributed by atoms with Gasteiger partial charge in [0, 0.05) is 24.3 Å². The zero-order chi connectivity index (χ0) is 11.8. The Kier molecular flexibility index (Phi) is 2.54. The summed E-state index contributed by atoms with van der Waals surface area (Å²) in [4.78, 5) is 14.1. The molecule has 0 bridgehead atoms. The van der Waals surface area contributed by atoms with Gasteiger partial charge in [-0.25, -0.2) is 0 Å². The molecule has 3 rings (SSSR count). The third-order valence-corrected chi connectivity index (χ3v) is 3.75. The molecule has 1 aromatic carbocycles. The lowest BCUT2D eigenvalue weighted by molar-refractivity contribution is -0.119. The minimum absolute atomic E-state index is 0.277. The van der Waals surface area contributed by atoms with E-state index >= 15 is 0 Å². The normalized spacial score (nSPS) is 18.9. The Labute approximate surface area is 102 Å². The van der Waals surface area contributed by atoms with Crippen LogP contribution in [0.3, 0.4) is 0 Å². The van der Waals surface area contributed by atoms with Gasteiger partial charge < -0.3 is 10.6 Å². The number of carbonyl (C=O) groups excluding carboxylic acids is 1. The highest BCUT2D eigenvalue weighted by molar-refractivity contribution is 5.95. The van der Waals surface area contributed by atoms with Gasteiger partial charge in [-0.1, -0.05) is 6.07 Å². The van der Waals surface area contributed by atoms with E-state index in [-0.39, 0.29) is 5.91 Å². The highest BCUT2D eigenvalue weighted by atomic mass is 16.2. The third-order valence-electron chi connectivity index (χ3n) is 3.75. The predicted molar refractivity (Wildman–Crippen MR) is 68.9 cm³/mol. The first kappa shape index (κ1) is 10.6. The van der Waals surface area contributed by atoms with Crippen LogP contribution in [0.2, 0.25) is 0 Å². The van der Waals surface area contributed by atoms with Crippen molar-refractivity contribution in [3.63, 3.8) is 0 Å². The lowest BCUT2D eigenvalue weighted by Crippen LogP contribution is -2.35. The third kappa shape index (κ3) is 2.02. The van der Waals surface area contributed by atoms with Gasteiger partial charge in [-0.3, -0.25) is 4.79 Å². The molecule has 1 heterocycles. The lowest BCUT2D eigenvalue weighted by Gasteiger charge is -2.30. The van der Waals surface area contributed by atoms with Crippen LogP contribution < -0.4 is 10.6 Å². The van der Waals surface area contributed by atoms with Crippen molar-refractivity contribution in [2.75, 3.05) is 17.2 Å². The van der Waals surface area contributed by atoms with Gasteiger partial charge in [0.15, 0.2) is 0 Å². The average Bonchev–Trinajstić information content (AvgIpc) is 3.13. The molecule has 0 saturated heterocycles. The van der Waals surface area contributed by atoms with E-state index in [2.05, 4.69) is 0 Å². The van der Waals surface area contributed by atoms with Crippen LogP contribution in [0.4, 0.5) is 11.4 Å². The van der Waals surface area contributed by atoms with Crippen LogP contribution in [0.25, 0.3) is 0 Å². The molecular formula is C14H18N2O. The number of anilines is 2. The largest absolute Gasteiger partial charge is 0.398 e. The molecule has 2 aliphatic rings. The van der Waals surface area contributed by atoms with E-state index in [1.54, 1.807) is 0 Å². The number of fused-ring (bicyclic) bond motifs is 1. The average molecular weight is 230 g/mol. The van der Waals surface area contributed by atoms with Crippen LogP contribution in [-0.4, -0.2) is 12.5 Å². The summed E-state index contributed by atoms with van der Waals surface area (Å²) < 4.78 is 0. The zero-order valence-electron chi connectivity index (χ0n) is 9.98. The van der Waals surface area contributed by atoms with Gasteiger partial charge in [0.2, 0.25) is 5.91 Å². The fourth-order valence-corrected chi connectivity index (χ4v) is 2.59. The second-order valence-electron chi connectivity index (χ2n) is 5.14. The van der Waals surface area contributed by atoms with Crippen LogP contribution in [0.1, 0.15) is 31.2 Å². The maximum atomic E-state index is 12.2. The number of amides is 1. The van der Waals surface area contributed by atoms with Crippen molar-refractivity contribution in [1.82, 2.24) is 0 Å². The first-order valence-corrected chi connectivity index (χ1v) is 6.43. The summed E-state index contributed by atoms with van der Waals surface area (Å²) in [6.07, 6.45) is 5.19. The molecule has 2 N–H and O–H groups in total. The molecule has 3 heteroatoms. The van der Waals surface area contributed by atoms with E-state index in [1.807, 2.05) is 23.1 Å². The molecule has 17 heavy (non-hydrogen) atoms. The molecule has 1 fully saturated rings. The fourth-order valence-electron chi connectivity index (χ4n) is 2.59. The van der Waals surface area contributed by atoms with E-state index in [0.717, 1.165) is 36.3 Å². The molecule has 3 nitrogen and oxygen atoms in total. The molecule has 90 valence electrons. The van der Waals surface area contributed by atoms with E-state index < -0.39 is 0 Å². The maximum absolute atomic E-state index is 12.2. The minimum atomic E-state index is 0.277. The van der Waals surface area contributed by atoms with Crippen molar-refractivity contribution in [1.29, 1.82) is 0 Å². The van der Waals surface area contributed by atoms with Gasteiger partial charge in [0.1, 0.15) is 0 Å². The number of nitrogens with zero attached hydrogens (tertiary/aromatic N) is 1. The topological polar surface area (TPSA) is 46.3 Å². The summed E-state index contributed by atoms with van der Waals surface area (Å²) in [5.74, 6) is 0.924. The predicted octanol–water partition coefficient (Wildman–Crippen LogP) is 2.35. The zero-order valence-corrected chi connectivity index (χ0v) is 9.98.